The molecule has 0 saturated carbocycles. The van der Waals surface area contributed by atoms with Crippen LogP contribution in [0.15, 0.2) is 41.2 Å². The molecule has 3 aromatic rings. The number of nitrogen functional groups attached to an aromatic ring is 1. The third-order valence-corrected chi connectivity index (χ3v) is 4.08. The van der Waals surface area contributed by atoms with Crippen LogP contribution in [-0.4, -0.2) is 19.9 Å². The third-order valence-electron chi connectivity index (χ3n) is 4.08. The summed E-state index contributed by atoms with van der Waals surface area (Å²) < 4.78 is 14.5. The van der Waals surface area contributed by atoms with E-state index in [1.807, 2.05) is 13.8 Å². The largest absolute Gasteiger partial charge is 0.507 e. The van der Waals surface area contributed by atoms with Crippen LogP contribution in [0.4, 0.5) is 10.1 Å². The lowest BCUT2D eigenvalue weighted by Gasteiger charge is -2.14. The van der Waals surface area contributed by atoms with Gasteiger partial charge in [-0.25, -0.2) is 14.3 Å². The zero-order valence-corrected chi connectivity index (χ0v) is 14.0. The molecule has 2 aromatic carbocycles. The predicted molar refractivity (Wildman–Crippen MR) is 94.0 cm³/mol. The SMILES string of the molecule is CC(C)c1cc(-c2n[nH]c(=O)n2Cc2ccc(F)cc2)c(O)cc1N. The average Bonchev–Trinajstić information content (AvgIpc) is 2.90. The number of hydrogen-bond donors (Lipinski definition) is 3. The molecule has 0 amide bonds. The van der Waals surface area contributed by atoms with Crippen LogP contribution in [0, 0.1) is 5.82 Å². The fourth-order valence-electron chi connectivity index (χ4n) is 2.74. The summed E-state index contributed by atoms with van der Waals surface area (Å²) in [6.07, 6.45) is 0. The van der Waals surface area contributed by atoms with Gasteiger partial charge in [0.1, 0.15) is 11.6 Å². The van der Waals surface area contributed by atoms with E-state index >= 15 is 0 Å². The maximum Gasteiger partial charge on any atom is 0.343 e. The molecule has 3 rings (SSSR count). The fourth-order valence-corrected chi connectivity index (χ4v) is 2.74. The molecule has 0 bridgehead atoms. The van der Waals surface area contributed by atoms with Gasteiger partial charge in [-0.05, 0) is 35.2 Å². The minimum Gasteiger partial charge on any atom is -0.507 e. The van der Waals surface area contributed by atoms with E-state index < -0.39 is 5.69 Å². The first-order valence-electron chi connectivity index (χ1n) is 7.89. The number of nitrogens with two attached hydrogens (primary N) is 1. The average molecular weight is 342 g/mol. The van der Waals surface area contributed by atoms with Crippen molar-refractivity contribution in [3.63, 3.8) is 0 Å². The van der Waals surface area contributed by atoms with Gasteiger partial charge in [0.05, 0.1) is 12.1 Å². The second-order valence-electron chi connectivity index (χ2n) is 6.22. The van der Waals surface area contributed by atoms with E-state index in [2.05, 4.69) is 10.2 Å². The van der Waals surface area contributed by atoms with Gasteiger partial charge in [0.2, 0.25) is 0 Å². The Morgan fingerprint density at radius 2 is 1.96 bits per heavy atom. The maximum atomic E-state index is 13.1. The summed E-state index contributed by atoms with van der Waals surface area (Å²) >= 11 is 0. The summed E-state index contributed by atoms with van der Waals surface area (Å²) in [5, 5.41) is 16.7. The lowest BCUT2D eigenvalue weighted by Crippen LogP contribution is -2.18. The summed E-state index contributed by atoms with van der Waals surface area (Å²) in [5.41, 5.74) is 8.04. The van der Waals surface area contributed by atoms with Gasteiger partial charge in [-0.15, -0.1) is 0 Å². The molecule has 0 aliphatic rings. The van der Waals surface area contributed by atoms with E-state index in [0.29, 0.717) is 17.1 Å². The molecule has 0 saturated heterocycles. The number of phenols is 1. The molecule has 4 N–H and O–H groups in total. The monoisotopic (exact) mass is 342 g/mol. The van der Waals surface area contributed by atoms with Crippen LogP contribution in [0.5, 0.6) is 5.75 Å². The molecule has 1 aromatic heterocycles. The highest BCUT2D eigenvalue weighted by Crippen LogP contribution is 2.34. The smallest absolute Gasteiger partial charge is 0.343 e. The van der Waals surface area contributed by atoms with Crippen molar-refractivity contribution in [2.45, 2.75) is 26.3 Å². The van der Waals surface area contributed by atoms with Crippen molar-refractivity contribution in [3.05, 3.63) is 63.8 Å². The number of hydrogen-bond acceptors (Lipinski definition) is 4. The standard InChI is InChI=1S/C18H19FN4O2/c1-10(2)13-7-14(16(24)8-15(13)20)17-21-22-18(25)23(17)9-11-3-5-12(19)6-4-11/h3-8,10,24H,9,20H2,1-2H3,(H,22,25). The first-order valence-corrected chi connectivity index (χ1v) is 7.89. The van der Waals surface area contributed by atoms with Crippen LogP contribution in [0.25, 0.3) is 11.4 Å². The molecule has 0 unspecified atom stereocenters. The number of aromatic hydroxyl groups is 1. The molecule has 0 radical (unpaired) electrons. The van der Waals surface area contributed by atoms with E-state index in [4.69, 9.17) is 5.73 Å². The molecule has 0 atom stereocenters. The van der Waals surface area contributed by atoms with Gasteiger partial charge in [-0.2, -0.15) is 5.10 Å². The molecule has 0 fully saturated rings. The minimum absolute atomic E-state index is 0.0544. The first kappa shape index (κ1) is 16.8. The highest BCUT2D eigenvalue weighted by Gasteiger charge is 2.18. The van der Waals surface area contributed by atoms with Crippen LogP contribution in [-0.2, 0) is 6.54 Å². The zero-order valence-electron chi connectivity index (χ0n) is 14.0. The summed E-state index contributed by atoms with van der Waals surface area (Å²) in [5.74, 6) is 0.0480. The van der Waals surface area contributed by atoms with Gasteiger partial charge in [0.15, 0.2) is 5.82 Å². The number of anilines is 1. The highest BCUT2D eigenvalue weighted by molar-refractivity contribution is 5.70. The molecule has 1 heterocycles. The molecule has 25 heavy (non-hydrogen) atoms. The quantitative estimate of drug-likeness (QED) is 0.635. The molecule has 0 spiro atoms. The number of aromatic amines is 1. The number of nitrogens with zero attached hydrogens (tertiary/aromatic N) is 2. The molecular formula is C18H19FN4O2. The Hall–Kier alpha value is -3.09. The normalized spacial score (nSPS) is 11.2. The van der Waals surface area contributed by atoms with Gasteiger partial charge in [-0.1, -0.05) is 26.0 Å². The van der Waals surface area contributed by atoms with Crippen LogP contribution in [0.3, 0.4) is 0 Å². The molecule has 6 nitrogen and oxygen atoms in total. The molecule has 130 valence electrons. The van der Waals surface area contributed by atoms with E-state index in [1.165, 1.54) is 22.8 Å². The van der Waals surface area contributed by atoms with Gasteiger partial charge in [-0.3, -0.25) is 4.57 Å². The number of benzene rings is 2. The zero-order chi connectivity index (χ0) is 18.1. The molecule has 0 aliphatic heterocycles. The number of nitrogens with one attached hydrogen (secondary N) is 1. The number of phenolic OH excluding ortho intramolecular Hbond substituents is 1. The van der Waals surface area contributed by atoms with Crippen LogP contribution in [0.1, 0.15) is 30.9 Å². The Bertz CT molecular complexity index is 958. The van der Waals surface area contributed by atoms with Crippen molar-refractivity contribution < 1.29 is 9.50 Å². The van der Waals surface area contributed by atoms with Crippen LogP contribution >= 0.6 is 0 Å². The number of H-pyrrole nitrogens is 1. The van der Waals surface area contributed by atoms with Crippen molar-refractivity contribution >= 4 is 5.69 Å². The Labute approximate surface area is 143 Å². The number of rotatable bonds is 4. The van der Waals surface area contributed by atoms with E-state index in [0.717, 1.165) is 11.1 Å². The summed E-state index contributed by atoms with van der Waals surface area (Å²) in [7, 11) is 0. The van der Waals surface area contributed by atoms with Crippen molar-refractivity contribution in [1.29, 1.82) is 0 Å². The van der Waals surface area contributed by atoms with Gasteiger partial charge in [0.25, 0.3) is 0 Å². The van der Waals surface area contributed by atoms with Crippen LogP contribution < -0.4 is 11.4 Å². The predicted octanol–water partition coefficient (Wildman–Crippen LogP) is 2.84. The van der Waals surface area contributed by atoms with Gasteiger partial charge >= 0.3 is 5.69 Å². The topological polar surface area (TPSA) is 96.9 Å². The van der Waals surface area contributed by atoms with E-state index in [1.54, 1.807) is 18.2 Å². The lowest BCUT2D eigenvalue weighted by atomic mass is 9.97. The van der Waals surface area contributed by atoms with Crippen molar-refractivity contribution in [2.24, 2.45) is 0 Å². The summed E-state index contributed by atoms with van der Waals surface area (Å²) in [4.78, 5) is 12.1. The van der Waals surface area contributed by atoms with Gasteiger partial charge < -0.3 is 10.8 Å². The van der Waals surface area contributed by atoms with Crippen molar-refractivity contribution in [1.82, 2.24) is 14.8 Å². The summed E-state index contributed by atoms with van der Waals surface area (Å²) in [6, 6.07) is 9.06. The lowest BCUT2D eigenvalue weighted by molar-refractivity contribution is 0.476. The Balaban J connectivity index is 2.09. The Morgan fingerprint density at radius 1 is 1.28 bits per heavy atom. The first-order chi connectivity index (χ1) is 11.9. The van der Waals surface area contributed by atoms with E-state index in [9.17, 15) is 14.3 Å². The van der Waals surface area contributed by atoms with Crippen molar-refractivity contribution in [3.8, 4) is 17.1 Å². The molecular weight excluding hydrogens is 323 g/mol. The maximum absolute atomic E-state index is 13.1. The van der Waals surface area contributed by atoms with Crippen LogP contribution in [0.2, 0.25) is 0 Å². The fraction of sp³-hybridized carbons (Fsp3) is 0.222. The molecule has 0 aliphatic carbocycles. The summed E-state index contributed by atoms with van der Waals surface area (Å²) in [6.45, 7) is 4.18. The number of aromatic nitrogens is 3. The number of halogens is 1. The van der Waals surface area contributed by atoms with Crippen molar-refractivity contribution in [2.75, 3.05) is 5.73 Å². The van der Waals surface area contributed by atoms with Gasteiger partial charge in [0, 0.05) is 11.8 Å². The Morgan fingerprint density at radius 3 is 2.60 bits per heavy atom. The minimum atomic E-state index is -0.415. The second-order valence-corrected chi connectivity index (χ2v) is 6.22. The highest BCUT2D eigenvalue weighted by atomic mass is 19.1. The molecule has 7 heteroatoms. The Kier molecular flexibility index (Phi) is 4.31. The third kappa shape index (κ3) is 3.26. The second kappa shape index (κ2) is 6.43. The van der Waals surface area contributed by atoms with E-state index in [-0.39, 0.29) is 24.0 Å².